The van der Waals surface area contributed by atoms with Gasteiger partial charge in [0.25, 0.3) is 0 Å². The first-order valence-corrected chi connectivity index (χ1v) is 9.48. The predicted octanol–water partition coefficient (Wildman–Crippen LogP) is 1.52. The van der Waals surface area contributed by atoms with Gasteiger partial charge in [-0.15, -0.1) is 0 Å². The van der Waals surface area contributed by atoms with Gasteiger partial charge in [0, 0.05) is 58.0 Å². The summed E-state index contributed by atoms with van der Waals surface area (Å²) < 4.78 is 0. The molecule has 130 valence electrons. The lowest BCUT2D eigenvalue weighted by Crippen LogP contribution is -2.48. The smallest absolute Gasteiger partial charge is 0.223 e. The molecule has 0 aromatic carbocycles. The van der Waals surface area contributed by atoms with E-state index in [9.17, 15) is 9.59 Å². The lowest BCUT2D eigenvalue weighted by molar-refractivity contribution is -0.133. The van der Waals surface area contributed by atoms with E-state index in [-0.39, 0.29) is 0 Å². The maximum atomic E-state index is 12.4. The van der Waals surface area contributed by atoms with Gasteiger partial charge in [0.1, 0.15) is 5.78 Å². The van der Waals surface area contributed by atoms with Crippen LogP contribution in [0, 0.1) is 0 Å². The number of ketones is 1. The number of Topliss-reactive ketones (excluding diaryl/α,β-unsaturated/α-hetero) is 1. The number of rotatable bonds is 4. The molecular formula is C18H31N3O2. The van der Waals surface area contributed by atoms with Crippen LogP contribution in [0.15, 0.2) is 0 Å². The summed E-state index contributed by atoms with van der Waals surface area (Å²) in [5.74, 6) is 0.673. The van der Waals surface area contributed by atoms with Gasteiger partial charge in [-0.3, -0.25) is 9.59 Å². The van der Waals surface area contributed by atoms with Crippen LogP contribution >= 0.6 is 0 Å². The van der Waals surface area contributed by atoms with Crippen molar-refractivity contribution in [1.29, 1.82) is 0 Å². The summed E-state index contributed by atoms with van der Waals surface area (Å²) in [4.78, 5) is 30.6. The molecule has 0 unspecified atom stereocenters. The van der Waals surface area contributed by atoms with Gasteiger partial charge in [-0.1, -0.05) is 6.42 Å². The van der Waals surface area contributed by atoms with Crippen LogP contribution in [-0.2, 0) is 9.59 Å². The van der Waals surface area contributed by atoms with Crippen molar-refractivity contribution >= 4 is 11.7 Å². The van der Waals surface area contributed by atoms with Crippen LogP contribution in [0.5, 0.6) is 0 Å². The molecule has 3 saturated heterocycles. The third-order valence-electron chi connectivity index (χ3n) is 5.78. The molecule has 0 radical (unpaired) electrons. The molecule has 3 aliphatic rings. The molecule has 0 aromatic heterocycles. The van der Waals surface area contributed by atoms with Gasteiger partial charge in [0.05, 0.1) is 0 Å². The standard InChI is InChI=1S/C18H31N3O2/c22-17-6-11-19(12-7-17)13-8-18(23)21-14-4-16(5-15-21)20-9-2-1-3-10-20/h16H,1-15H2. The van der Waals surface area contributed by atoms with E-state index < -0.39 is 0 Å². The van der Waals surface area contributed by atoms with E-state index in [4.69, 9.17) is 0 Å². The highest BCUT2D eigenvalue weighted by atomic mass is 16.2. The summed E-state index contributed by atoms with van der Waals surface area (Å²) in [5.41, 5.74) is 0. The van der Waals surface area contributed by atoms with Gasteiger partial charge in [0.15, 0.2) is 0 Å². The van der Waals surface area contributed by atoms with Crippen LogP contribution in [0.25, 0.3) is 0 Å². The number of nitrogens with zero attached hydrogens (tertiary/aromatic N) is 3. The number of hydrogen-bond acceptors (Lipinski definition) is 4. The van der Waals surface area contributed by atoms with Crippen LogP contribution in [0.3, 0.4) is 0 Å². The second-order valence-corrected chi connectivity index (χ2v) is 7.34. The molecule has 3 heterocycles. The predicted molar refractivity (Wildman–Crippen MR) is 90.3 cm³/mol. The molecule has 1 amide bonds. The van der Waals surface area contributed by atoms with Crippen molar-refractivity contribution in [3.8, 4) is 0 Å². The van der Waals surface area contributed by atoms with Crippen molar-refractivity contribution in [1.82, 2.24) is 14.7 Å². The van der Waals surface area contributed by atoms with Crippen molar-refractivity contribution in [3.63, 3.8) is 0 Å². The summed E-state index contributed by atoms with van der Waals surface area (Å²) in [5, 5.41) is 0. The number of hydrogen-bond donors (Lipinski definition) is 0. The van der Waals surface area contributed by atoms with Gasteiger partial charge >= 0.3 is 0 Å². The Morgan fingerprint density at radius 2 is 1.57 bits per heavy atom. The lowest BCUT2D eigenvalue weighted by atomic mass is 9.99. The average molecular weight is 321 g/mol. The zero-order valence-electron chi connectivity index (χ0n) is 14.3. The molecule has 0 bridgehead atoms. The quantitative estimate of drug-likeness (QED) is 0.787. The monoisotopic (exact) mass is 321 g/mol. The number of likely N-dealkylation sites (tertiary alicyclic amines) is 3. The molecule has 3 aliphatic heterocycles. The van der Waals surface area contributed by atoms with Crippen molar-refractivity contribution in [2.45, 2.75) is 57.4 Å². The Bertz CT molecular complexity index is 402. The van der Waals surface area contributed by atoms with Crippen molar-refractivity contribution in [3.05, 3.63) is 0 Å². The highest BCUT2D eigenvalue weighted by Crippen LogP contribution is 2.21. The van der Waals surface area contributed by atoms with Crippen molar-refractivity contribution in [2.24, 2.45) is 0 Å². The van der Waals surface area contributed by atoms with Crippen molar-refractivity contribution < 1.29 is 9.59 Å². The van der Waals surface area contributed by atoms with E-state index >= 15 is 0 Å². The molecule has 0 spiro atoms. The van der Waals surface area contributed by atoms with E-state index in [1.807, 2.05) is 0 Å². The number of amides is 1. The van der Waals surface area contributed by atoms with E-state index in [0.29, 0.717) is 37.0 Å². The molecule has 0 aromatic rings. The first-order chi connectivity index (χ1) is 11.2. The summed E-state index contributed by atoms with van der Waals surface area (Å²) in [6.07, 6.45) is 8.30. The van der Waals surface area contributed by atoms with E-state index in [0.717, 1.165) is 45.6 Å². The molecule has 3 rings (SSSR count). The summed E-state index contributed by atoms with van der Waals surface area (Å²) in [6, 6.07) is 0.701. The van der Waals surface area contributed by atoms with Gasteiger partial charge in [-0.2, -0.15) is 0 Å². The van der Waals surface area contributed by atoms with E-state index in [1.165, 1.54) is 32.4 Å². The SMILES string of the molecule is O=C1CCN(CCC(=O)N2CCC(N3CCCCC3)CC2)CC1. The highest BCUT2D eigenvalue weighted by Gasteiger charge is 2.27. The topological polar surface area (TPSA) is 43.9 Å². The molecule has 0 atom stereocenters. The Morgan fingerprint density at radius 3 is 2.22 bits per heavy atom. The van der Waals surface area contributed by atoms with Crippen LogP contribution in [0.1, 0.15) is 51.4 Å². The third-order valence-corrected chi connectivity index (χ3v) is 5.78. The number of piperidine rings is 3. The average Bonchev–Trinajstić information content (AvgIpc) is 2.62. The second-order valence-electron chi connectivity index (χ2n) is 7.34. The molecule has 23 heavy (non-hydrogen) atoms. The molecular weight excluding hydrogens is 290 g/mol. The lowest BCUT2D eigenvalue weighted by Gasteiger charge is -2.40. The molecule has 0 aliphatic carbocycles. The Labute approximate surface area is 140 Å². The normalized spacial score (nSPS) is 25.7. The number of carbonyl (C=O) groups excluding carboxylic acids is 2. The first-order valence-electron chi connectivity index (χ1n) is 9.48. The number of carbonyl (C=O) groups is 2. The molecule has 5 nitrogen and oxygen atoms in total. The van der Waals surface area contributed by atoms with Crippen LogP contribution in [-0.4, -0.2) is 78.2 Å². The third kappa shape index (κ3) is 4.77. The zero-order chi connectivity index (χ0) is 16.1. The highest BCUT2D eigenvalue weighted by molar-refractivity contribution is 5.79. The van der Waals surface area contributed by atoms with E-state index in [2.05, 4.69) is 14.7 Å². The first kappa shape index (κ1) is 16.9. The summed E-state index contributed by atoms with van der Waals surface area (Å²) in [6.45, 7) is 6.86. The van der Waals surface area contributed by atoms with Crippen molar-refractivity contribution in [2.75, 3.05) is 45.8 Å². The Hall–Kier alpha value is -0.940. The second kappa shape index (κ2) is 8.25. The van der Waals surface area contributed by atoms with E-state index in [1.54, 1.807) is 0 Å². The fraction of sp³-hybridized carbons (Fsp3) is 0.889. The molecule has 3 fully saturated rings. The minimum Gasteiger partial charge on any atom is -0.343 e. The summed E-state index contributed by atoms with van der Waals surface area (Å²) >= 11 is 0. The Kier molecular flexibility index (Phi) is 6.06. The summed E-state index contributed by atoms with van der Waals surface area (Å²) in [7, 11) is 0. The van der Waals surface area contributed by atoms with Gasteiger partial charge < -0.3 is 14.7 Å². The van der Waals surface area contributed by atoms with Gasteiger partial charge in [0.2, 0.25) is 5.91 Å². The van der Waals surface area contributed by atoms with Gasteiger partial charge in [-0.05, 0) is 38.8 Å². The minimum absolute atomic E-state index is 0.305. The minimum atomic E-state index is 0.305. The van der Waals surface area contributed by atoms with Crippen LogP contribution < -0.4 is 0 Å². The molecule has 0 saturated carbocycles. The Morgan fingerprint density at radius 1 is 0.913 bits per heavy atom. The Balaban J connectivity index is 1.35. The fourth-order valence-corrected chi connectivity index (χ4v) is 4.20. The maximum absolute atomic E-state index is 12.4. The molecule has 0 N–H and O–H groups in total. The van der Waals surface area contributed by atoms with Crippen LogP contribution in [0.4, 0.5) is 0 Å². The van der Waals surface area contributed by atoms with Crippen LogP contribution in [0.2, 0.25) is 0 Å². The largest absolute Gasteiger partial charge is 0.343 e. The van der Waals surface area contributed by atoms with Gasteiger partial charge in [-0.25, -0.2) is 0 Å². The maximum Gasteiger partial charge on any atom is 0.223 e. The molecule has 5 heteroatoms. The zero-order valence-corrected chi connectivity index (χ0v) is 14.3. The fourth-order valence-electron chi connectivity index (χ4n) is 4.20.